The Morgan fingerprint density at radius 3 is 0.803 bits per heavy atom. The summed E-state index contributed by atoms with van der Waals surface area (Å²) in [6, 6.07) is 98.3. The highest BCUT2D eigenvalue weighted by Gasteiger charge is 2.37. The molecule has 0 saturated carbocycles. The molecule has 0 bridgehead atoms. The summed E-state index contributed by atoms with van der Waals surface area (Å²) in [5.41, 5.74) is 25.6. The molecule has 0 heteroatoms. The van der Waals surface area contributed by atoms with E-state index in [1.807, 2.05) is 0 Å². The van der Waals surface area contributed by atoms with Gasteiger partial charge in [-0.3, -0.25) is 0 Å². The van der Waals surface area contributed by atoms with Gasteiger partial charge in [-0.25, -0.2) is 0 Å². The normalized spacial score (nSPS) is 15.2. The fourth-order valence-electron chi connectivity index (χ4n) is 10.9. The van der Waals surface area contributed by atoms with Gasteiger partial charge in [0.1, 0.15) is 0 Å². The molecule has 0 aliphatic heterocycles. The summed E-state index contributed by atoms with van der Waals surface area (Å²) < 4.78 is 0. The van der Waals surface area contributed by atoms with Gasteiger partial charge in [-0.05, 0) is 111 Å². The van der Waals surface area contributed by atoms with Gasteiger partial charge in [0.05, 0.1) is 0 Å². The highest BCUT2D eigenvalue weighted by Crippen LogP contribution is 2.57. The monoisotopic (exact) mass is 838 g/mol. The van der Waals surface area contributed by atoms with Gasteiger partial charge in [0.2, 0.25) is 0 Å². The lowest BCUT2D eigenvalue weighted by atomic mass is 9.83. The van der Waals surface area contributed by atoms with E-state index in [0.29, 0.717) is 0 Å². The minimum atomic E-state index is 0.0583. The third-order valence-corrected chi connectivity index (χ3v) is 13.7. The van der Waals surface area contributed by atoms with Crippen molar-refractivity contribution in [3.05, 3.63) is 323 Å². The average molecular weight is 839 g/mol. The molecule has 2 aliphatic carbocycles. The van der Waals surface area contributed by atoms with Crippen LogP contribution >= 0.6 is 0 Å². The Morgan fingerprint density at radius 1 is 0.197 bits per heavy atom. The summed E-state index contributed by atoms with van der Waals surface area (Å²) in [4.78, 5) is 0. The highest BCUT2D eigenvalue weighted by atomic mass is 14.4. The lowest BCUT2D eigenvalue weighted by Gasteiger charge is -2.20. The zero-order valence-electron chi connectivity index (χ0n) is 36.6. The molecule has 2 unspecified atom stereocenters. The van der Waals surface area contributed by atoms with Gasteiger partial charge in [-0.2, -0.15) is 0 Å². The molecule has 2 aliphatic rings. The third kappa shape index (κ3) is 6.87. The number of hydrogen-bond donors (Lipinski definition) is 0. The standard InChI is InChI=1S/C66H46/c1-7-21-47(22-8-1)55-33-19-35-57-59(61(49-25-11-3-12-26-49)63(65(55)57)51-29-15-5-16-30-51)53-41-37-45(38-42-53)46-39-43-54(44-40-46)60-58-36-20-34-56(48-23-9-2-10-24-48)66(58)64(52-31-17-6-18-32-52)62(60)50-27-13-4-14-28-50/h1-44,59-60H. The van der Waals surface area contributed by atoms with Gasteiger partial charge in [-0.15, -0.1) is 0 Å². The van der Waals surface area contributed by atoms with Crippen LogP contribution in [0.5, 0.6) is 0 Å². The van der Waals surface area contributed by atoms with Crippen LogP contribution in [0.4, 0.5) is 0 Å². The minimum absolute atomic E-state index is 0.0583. The molecule has 0 saturated heterocycles. The number of hydrogen-bond acceptors (Lipinski definition) is 0. The van der Waals surface area contributed by atoms with Crippen LogP contribution in [0.3, 0.4) is 0 Å². The SMILES string of the molecule is c1ccc(C2=C(c3ccccc3)C(c3ccc(-c4ccc(C5C(c6ccccc6)=C(c6ccccc6)c6c(-c7ccccc7)cccc65)cc4)cc3)c3cccc(-c4ccccc4)c32)cc1. The van der Waals surface area contributed by atoms with Crippen molar-refractivity contribution in [1.29, 1.82) is 0 Å². The highest BCUT2D eigenvalue weighted by molar-refractivity contribution is 6.11. The van der Waals surface area contributed by atoms with Crippen LogP contribution in [0.1, 0.15) is 67.5 Å². The van der Waals surface area contributed by atoms with Crippen molar-refractivity contribution < 1.29 is 0 Å². The summed E-state index contributed by atoms with van der Waals surface area (Å²) in [5.74, 6) is 0.117. The van der Waals surface area contributed by atoms with E-state index in [4.69, 9.17) is 0 Å². The van der Waals surface area contributed by atoms with Gasteiger partial charge >= 0.3 is 0 Å². The first kappa shape index (κ1) is 39.3. The van der Waals surface area contributed by atoms with Crippen LogP contribution in [0.2, 0.25) is 0 Å². The van der Waals surface area contributed by atoms with Gasteiger partial charge in [0, 0.05) is 11.8 Å². The molecule has 10 aromatic carbocycles. The maximum Gasteiger partial charge on any atom is 0.0358 e. The predicted octanol–water partition coefficient (Wildman–Crippen LogP) is 16.9. The summed E-state index contributed by atoms with van der Waals surface area (Å²) in [6.07, 6.45) is 0. The molecule has 0 fully saturated rings. The van der Waals surface area contributed by atoms with Crippen molar-refractivity contribution in [1.82, 2.24) is 0 Å². The maximum atomic E-state index is 2.37. The van der Waals surface area contributed by atoms with Crippen molar-refractivity contribution >= 4 is 22.3 Å². The summed E-state index contributed by atoms with van der Waals surface area (Å²) in [7, 11) is 0. The van der Waals surface area contributed by atoms with E-state index in [-0.39, 0.29) is 11.8 Å². The van der Waals surface area contributed by atoms with E-state index in [9.17, 15) is 0 Å². The zero-order chi connectivity index (χ0) is 43.8. The molecular formula is C66H46. The molecule has 0 nitrogen and oxygen atoms in total. The van der Waals surface area contributed by atoms with Gasteiger partial charge < -0.3 is 0 Å². The van der Waals surface area contributed by atoms with Crippen LogP contribution in [0.25, 0.3) is 55.7 Å². The van der Waals surface area contributed by atoms with E-state index in [1.54, 1.807) is 0 Å². The number of benzene rings is 10. The van der Waals surface area contributed by atoms with E-state index >= 15 is 0 Å². The molecule has 0 heterocycles. The Bertz CT molecular complexity index is 3150. The second-order valence-corrected chi connectivity index (χ2v) is 17.4. The first-order chi connectivity index (χ1) is 32.8. The molecule has 0 spiro atoms. The number of rotatable bonds is 9. The second kappa shape index (κ2) is 17.0. The molecule has 66 heavy (non-hydrogen) atoms. The van der Waals surface area contributed by atoms with Crippen LogP contribution in [0.15, 0.2) is 267 Å². The van der Waals surface area contributed by atoms with E-state index in [2.05, 4.69) is 267 Å². The fraction of sp³-hybridized carbons (Fsp3) is 0.0303. The van der Waals surface area contributed by atoms with Crippen molar-refractivity contribution in [2.24, 2.45) is 0 Å². The molecule has 12 rings (SSSR count). The fourth-order valence-corrected chi connectivity index (χ4v) is 10.9. The molecular weight excluding hydrogens is 793 g/mol. The summed E-state index contributed by atoms with van der Waals surface area (Å²) >= 11 is 0. The van der Waals surface area contributed by atoms with Crippen LogP contribution in [-0.4, -0.2) is 0 Å². The smallest absolute Gasteiger partial charge is 0.0358 e. The van der Waals surface area contributed by atoms with Crippen LogP contribution < -0.4 is 0 Å². The van der Waals surface area contributed by atoms with Gasteiger partial charge in [0.15, 0.2) is 0 Å². The van der Waals surface area contributed by atoms with Crippen molar-refractivity contribution in [3.63, 3.8) is 0 Å². The maximum absolute atomic E-state index is 2.37. The average Bonchev–Trinajstić information content (AvgIpc) is 3.95. The zero-order valence-corrected chi connectivity index (χ0v) is 36.6. The molecule has 0 aromatic heterocycles. The second-order valence-electron chi connectivity index (χ2n) is 17.4. The van der Waals surface area contributed by atoms with E-state index in [0.717, 1.165) is 0 Å². The van der Waals surface area contributed by atoms with Crippen LogP contribution in [-0.2, 0) is 0 Å². The van der Waals surface area contributed by atoms with Gasteiger partial charge in [-0.1, -0.05) is 267 Å². The van der Waals surface area contributed by atoms with Crippen molar-refractivity contribution in [2.45, 2.75) is 11.8 Å². The van der Waals surface area contributed by atoms with E-state index in [1.165, 1.54) is 111 Å². The Hall–Kier alpha value is -8.32. The molecule has 0 N–H and O–H groups in total. The molecule has 0 amide bonds. The lowest BCUT2D eigenvalue weighted by molar-refractivity contribution is 1.06. The Balaban J connectivity index is 0.967. The van der Waals surface area contributed by atoms with Crippen LogP contribution in [0, 0.1) is 0 Å². The Morgan fingerprint density at radius 2 is 0.485 bits per heavy atom. The first-order valence-electron chi connectivity index (χ1n) is 23.1. The molecule has 310 valence electrons. The predicted molar refractivity (Wildman–Crippen MR) is 277 cm³/mol. The van der Waals surface area contributed by atoms with Crippen molar-refractivity contribution in [2.75, 3.05) is 0 Å². The summed E-state index contributed by atoms with van der Waals surface area (Å²) in [5, 5.41) is 0. The molecule has 0 radical (unpaired) electrons. The minimum Gasteiger partial charge on any atom is -0.0622 e. The van der Waals surface area contributed by atoms with E-state index < -0.39 is 0 Å². The van der Waals surface area contributed by atoms with Gasteiger partial charge in [0.25, 0.3) is 0 Å². The topological polar surface area (TPSA) is 0 Å². The third-order valence-electron chi connectivity index (χ3n) is 13.7. The quantitative estimate of drug-likeness (QED) is 0.136. The number of fused-ring (bicyclic) bond motifs is 2. The Labute approximate surface area is 388 Å². The number of allylic oxidation sites excluding steroid dienone is 2. The van der Waals surface area contributed by atoms with Crippen molar-refractivity contribution in [3.8, 4) is 33.4 Å². The molecule has 2 atom stereocenters. The summed E-state index contributed by atoms with van der Waals surface area (Å²) in [6.45, 7) is 0. The lowest BCUT2D eigenvalue weighted by Crippen LogP contribution is -2.02. The Kier molecular flexibility index (Phi) is 10.1. The molecule has 10 aromatic rings. The largest absolute Gasteiger partial charge is 0.0622 e. The first-order valence-corrected chi connectivity index (χ1v) is 23.1.